The van der Waals surface area contributed by atoms with Crippen LogP contribution in [-0.2, 0) is 11.2 Å². The Labute approximate surface area is 140 Å². The molecule has 1 heterocycles. The normalized spacial score (nSPS) is 26.0. The number of methoxy groups -OCH3 is 1. The van der Waals surface area contributed by atoms with Gasteiger partial charge in [0, 0.05) is 23.6 Å². The van der Waals surface area contributed by atoms with Crippen LogP contribution in [0.4, 0.5) is 0 Å². The molecule has 1 aromatic heterocycles. The summed E-state index contributed by atoms with van der Waals surface area (Å²) < 4.78 is 5.20. The third-order valence-electron chi connectivity index (χ3n) is 4.91. The van der Waals surface area contributed by atoms with Crippen molar-refractivity contribution in [1.82, 2.24) is 10.2 Å². The number of nitrogens with one attached hydrogen (secondary N) is 1. The largest absolute Gasteiger partial charge is 0.504 e. The fraction of sp³-hybridized carbons (Fsp3) is 0.444. The number of aromatic nitrogens is 2. The lowest BCUT2D eigenvalue weighted by atomic mass is 9.64. The molecule has 128 valence electrons. The molecule has 1 aliphatic rings. The Morgan fingerprint density at radius 1 is 1.46 bits per heavy atom. The molecular formula is C18H22N2O4. The molecule has 0 amide bonds. The Morgan fingerprint density at radius 3 is 2.79 bits per heavy atom. The van der Waals surface area contributed by atoms with E-state index in [0.29, 0.717) is 12.2 Å². The highest BCUT2D eigenvalue weighted by atomic mass is 16.5. The van der Waals surface area contributed by atoms with Crippen molar-refractivity contribution in [1.29, 1.82) is 0 Å². The van der Waals surface area contributed by atoms with Crippen LogP contribution >= 0.6 is 0 Å². The Kier molecular flexibility index (Phi) is 3.87. The Bertz CT molecular complexity index is 794. The van der Waals surface area contributed by atoms with Crippen molar-refractivity contribution in [3.63, 3.8) is 0 Å². The van der Waals surface area contributed by atoms with Gasteiger partial charge in [-0.15, -0.1) is 0 Å². The van der Waals surface area contributed by atoms with Gasteiger partial charge in [-0.3, -0.25) is 9.89 Å². The lowest BCUT2D eigenvalue weighted by Crippen LogP contribution is -2.48. The van der Waals surface area contributed by atoms with Crippen molar-refractivity contribution >= 4 is 5.78 Å². The van der Waals surface area contributed by atoms with Crippen LogP contribution in [0.25, 0.3) is 0 Å². The number of ketones is 1. The summed E-state index contributed by atoms with van der Waals surface area (Å²) in [6, 6.07) is 5.02. The third kappa shape index (κ3) is 2.47. The zero-order valence-corrected chi connectivity index (χ0v) is 14.3. The van der Waals surface area contributed by atoms with Gasteiger partial charge in [-0.1, -0.05) is 6.07 Å². The van der Waals surface area contributed by atoms with Gasteiger partial charge >= 0.3 is 0 Å². The van der Waals surface area contributed by atoms with Gasteiger partial charge in [0.2, 0.25) is 0 Å². The number of aromatic hydroxyl groups is 1. The predicted molar refractivity (Wildman–Crippen MR) is 88.3 cm³/mol. The number of ether oxygens (including phenoxy) is 1. The maximum Gasteiger partial charge on any atom is 0.160 e. The second-order valence-electron chi connectivity index (χ2n) is 6.74. The van der Waals surface area contributed by atoms with Gasteiger partial charge in [0.1, 0.15) is 5.78 Å². The van der Waals surface area contributed by atoms with Crippen molar-refractivity contribution < 1.29 is 19.7 Å². The lowest BCUT2D eigenvalue weighted by Gasteiger charge is -2.41. The quantitative estimate of drug-likeness (QED) is 0.801. The van der Waals surface area contributed by atoms with Crippen LogP contribution in [0.1, 0.15) is 42.3 Å². The summed E-state index contributed by atoms with van der Waals surface area (Å²) in [5.74, 6) is -0.664. The van der Waals surface area contributed by atoms with Gasteiger partial charge in [0.05, 0.1) is 24.3 Å². The number of aryl methyl sites for hydroxylation is 1. The highest BCUT2D eigenvalue weighted by Crippen LogP contribution is 2.47. The van der Waals surface area contributed by atoms with E-state index in [1.807, 2.05) is 6.92 Å². The number of carbonyl (C=O) groups is 1. The lowest BCUT2D eigenvalue weighted by molar-refractivity contribution is -0.130. The molecule has 1 aromatic carbocycles. The Morgan fingerprint density at radius 2 is 2.17 bits per heavy atom. The number of fused-ring (bicyclic) bond motifs is 1. The molecule has 1 aliphatic carbocycles. The molecule has 3 N–H and O–H groups in total. The van der Waals surface area contributed by atoms with Gasteiger partial charge in [-0.25, -0.2) is 0 Å². The van der Waals surface area contributed by atoms with Crippen molar-refractivity contribution in [2.45, 2.75) is 38.7 Å². The molecule has 0 spiro atoms. The highest BCUT2D eigenvalue weighted by Gasteiger charge is 2.48. The van der Waals surface area contributed by atoms with E-state index in [0.717, 1.165) is 22.5 Å². The number of rotatable bonds is 3. The predicted octanol–water partition coefficient (Wildman–Crippen LogP) is 2.08. The SMILES string of the molecule is COc1cc([C@H]2c3c(n[nH]c3C)C[C@](C)(O)[C@@H]2C(C)=O)ccc1O. The molecule has 0 bridgehead atoms. The number of phenols is 1. The zero-order chi connectivity index (χ0) is 17.6. The molecule has 0 aliphatic heterocycles. The number of carbonyl (C=O) groups excluding carboxylic acids is 1. The second-order valence-corrected chi connectivity index (χ2v) is 6.74. The fourth-order valence-electron chi connectivity index (χ4n) is 3.93. The van der Waals surface area contributed by atoms with Crippen molar-refractivity contribution in [2.75, 3.05) is 7.11 Å². The van der Waals surface area contributed by atoms with E-state index in [2.05, 4.69) is 10.2 Å². The molecule has 6 nitrogen and oxygen atoms in total. The molecule has 0 unspecified atom stereocenters. The second kappa shape index (κ2) is 5.63. The number of aromatic amines is 1. The summed E-state index contributed by atoms with van der Waals surface area (Å²) in [6.45, 7) is 5.09. The minimum Gasteiger partial charge on any atom is -0.504 e. The van der Waals surface area contributed by atoms with Gasteiger partial charge in [-0.2, -0.15) is 5.10 Å². The Balaban J connectivity index is 2.24. The minimum absolute atomic E-state index is 0.0346. The topological polar surface area (TPSA) is 95.4 Å². The van der Waals surface area contributed by atoms with E-state index in [-0.39, 0.29) is 17.5 Å². The van der Waals surface area contributed by atoms with E-state index < -0.39 is 11.5 Å². The molecule has 24 heavy (non-hydrogen) atoms. The van der Waals surface area contributed by atoms with E-state index in [1.165, 1.54) is 14.0 Å². The van der Waals surface area contributed by atoms with Gasteiger partial charge in [-0.05, 0) is 38.5 Å². The van der Waals surface area contributed by atoms with Gasteiger partial charge in [0.15, 0.2) is 11.5 Å². The third-order valence-corrected chi connectivity index (χ3v) is 4.91. The molecule has 0 saturated heterocycles. The van der Waals surface area contributed by atoms with Crippen LogP contribution < -0.4 is 4.74 Å². The van der Waals surface area contributed by atoms with Crippen LogP contribution in [0.15, 0.2) is 18.2 Å². The highest BCUT2D eigenvalue weighted by molar-refractivity contribution is 5.82. The molecule has 0 fully saturated rings. The first-order valence-electron chi connectivity index (χ1n) is 7.89. The molecular weight excluding hydrogens is 308 g/mol. The van der Waals surface area contributed by atoms with Crippen molar-refractivity contribution in [2.24, 2.45) is 5.92 Å². The molecule has 3 atom stereocenters. The molecule has 0 radical (unpaired) electrons. The van der Waals surface area contributed by atoms with Gasteiger partial charge in [0.25, 0.3) is 0 Å². The maximum absolute atomic E-state index is 12.4. The summed E-state index contributed by atoms with van der Waals surface area (Å²) in [7, 11) is 1.48. The first kappa shape index (κ1) is 16.5. The van der Waals surface area contributed by atoms with Crippen molar-refractivity contribution in [3.8, 4) is 11.5 Å². The monoisotopic (exact) mass is 330 g/mol. The maximum atomic E-state index is 12.4. The number of nitrogens with zero attached hydrogens (tertiary/aromatic N) is 1. The van der Waals surface area contributed by atoms with E-state index in [4.69, 9.17) is 4.74 Å². The number of hydrogen-bond acceptors (Lipinski definition) is 5. The molecule has 2 aromatic rings. The Hall–Kier alpha value is -2.34. The number of phenolic OH excluding ortho intramolecular Hbond substituents is 1. The fourth-order valence-corrected chi connectivity index (χ4v) is 3.93. The summed E-state index contributed by atoms with van der Waals surface area (Å²) in [4.78, 5) is 12.4. The summed E-state index contributed by atoms with van der Waals surface area (Å²) in [6.07, 6.45) is 0.322. The van der Waals surface area contributed by atoms with E-state index in [9.17, 15) is 15.0 Å². The summed E-state index contributed by atoms with van der Waals surface area (Å²) >= 11 is 0. The average molecular weight is 330 g/mol. The zero-order valence-electron chi connectivity index (χ0n) is 14.3. The summed E-state index contributed by atoms with van der Waals surface area (Å²) in [5, 5.41) is 28.0. The van der Waals surface area contributed by atoms with E-state index >= 15 is 0 Å². The van der Waals surface area contributed by atoms with E-state index in [1.54, 1.807) is 25.1 Å². The first-order chi connectivity index (χ1) is 11.3. The van der Waals surface area contributed by atoms with Crippen LogP contribution in [0, 0.1) is 12.8 Å². The van der Waals surface area contributed by atoms with Crippen LogP contribution in [0.2, 0.25) is 0 Å². The van der Waals surface area contributed by atoms with Gasteiger partial charge < -0.3 is 14.9 Å². The number of H-pyrrole nitrogens is 1. The van der Waals surface area contributed by atoms with Crippen molar-refractivity contribution in [3.05, 3.63) is 40.7 Å². The number of aliphatic hydroxyl groups is 1. The minimum atomic E-state index is -1.20. The molecule has 3 rings (SSSR count). The standard InChI is InChI=1S/C18H22N2O4/c1-9-15-12(20-19-9)8-18(3,23)17(10(2)21)16(15)11-5-6-13(22)14(7-11)24-4/h5-7,16-17,22-23H,8H2,1-4H3,(H,19,20)/t16-,17+,18-/m0/s1. The average Bonchev–Trinajstić information content (AvgIpc) is 2.85. The molecule has 6 heteroatoms. The number of hydrogen-bond donors (Lipinski definition) is 3. The van der Waals surface area contributed by atoms with Crippen LogP contribution in [0.3, 0.4) is 0 Å². The smallest absolute Gasteiger partial charge is 0.160 e. The summed E-state index contributed by atoms with van der Waals surface area (Å²) in [5.41, 5.74) is 2.19. The number of benzene rings is 1. The number of Topliss-reactive ketones (excluding diaryl/α,β-unsaturated/α-hetero) is 1. The first-order valence-corrected chi connectivity index (χ1v) is 7.89. The van der Waals surface area contributed by atoms with Crippen LogP contribution in [0.5, 0.6) is 11.5 Å². The van der Waals surface area contributed by atoms with Crippen LogP contribution in [-0.4, -0.2) is 38.9 Å². The molecule has 0 saturated carbocycles.